The van der Waals surface area contributed by atoms with E-state index in [4.69, 9.17) is 0 Å². The van der Waals surface area contributed by atoms with Crippen LogP contribution >= 0.6 is 0 Å². The third kappa shape index (κ3) is 11.2. The van der Waals surface area contributed by atoms with Gasteiger partial charge in [-0.1, -0.05) is 80.9 Å². The van der Waals surface area contributed by atoms with Crippen LogP contribution in [0.1, 0.15) is 55.7 Å². The highest BCUT2D eigenvalue weighted by atomic mass is 32.2. The molecule has 0 aliphatic carbocycles. The summed E-state index contributed by atoms with van der Waals surface area (Å²) in [5.74, 6) is -0.608. The van der Waals surface area contributed by atoms with Crippen molar-refractivity contribution in [3.63, 3.8) is 0 Å². The van der Waals surface area contributed by atoms with Gasteiger partial charge in [-0.25, -0.2) is 9.00 Å². The lowest BCUT2D eigenvalue weighted by molar-refractivity contribution is -0.123. The average Bonchev–Trinajstić information content (AvgIpc) is 3.02. The normalized spacial score (nSPS) is 13.5. The maximum atomic E-state index is 13.7. The molecule has 0 saturated carbocycles. The molecule has 0 spiro atoms. The molecule has 11 heteroatoms. The van der Waals surface area contributed by atoms with Crippen LogP contribution in [-0.4, -0.2) is 66.9 Å². The van der Waals surface area contributed by atoms with Gasteiger partial charge < -0.3 is 21.1 Å². The summed E-state index contributed by atoms with van der Waals surface area (Å²) in [6.45, 7) is 4.68. The van der Waals surface area contributed by atoms with Crippen molar-refractivity contribution in [2.75, 3.05) is 19.7 Å². The molecule has 0 fully saturated rings. The molecule has 0 aliphatic heterocycles. The van der Waals surface area contributed by atoms with Crippen LogP contribution in [0.2, 0.25) is 0 Å². The number of nitrogens with one attached hydrogen (secondary N) is 3. The number of nitrogens with zero attached hydrogens (tertiary/aromatic N) is 2. The number of aliphatic hydroxyl groups excluding tert-OH is 1. The van der Waals surface area contributed by atoms with Gasteiger partial charge in [-0.05, 0) is 47.6 Å². The number of pyridine rings is 1. The van der Waals surface area contributed by atoms with Gasteiger partial charge in [0.2, 0.25) is 17.2 Å². The van der Waals surface area contributed by atoms with Gasteiger partial charge in [0.25, 0.3) is 0 Å². The fourth-order valence-electron chi connectivity index (χ4n) is 4.93. The fourth-order valence-corrected chi connectivity index (χ4v) is 5.78. The van der Waals surface area contributed by atoms with Crippen molar-refractivity contribution in [2.24, 2.45) is 5.92 Å². The SMILES string of the molecule is CC(C)CN([C@H](CO)CCCCNC(=O)[C@@H](NC(=O)NCc1ccncc1)C(c1ccccc1)c1ccccc1)S(=O)O. The molecule has 0 radical (unpaired) electrons. The van der Waals surface area contributed by atoms with Crippen LogP contribution < -0.4 is 16.0 Å². The van der Waals surface area contributed by atoms with Gasteiger partial charge >= 0.3 is 6.03 Å². The van der Waals surface area contributed by atoms with Crippen molar-refractivity contribution < 1.29 is 23.5 Å². The number of aromatic nitrogens is 1. The molecule has 1 unspecified atom stereocenters. The number of hydrogen-bond donors (Lipinski definition) is 5. The molecule has 232 valence electrons. The maximum Gasteiger partial charge on any atom is 0.315 e. The molecular weight excluding hydrogens is 566 g/mol. The Kier molecular flexibility index (Phi) is 14.3. The Hall–Kier alpha value is -3.64. The first-order valence-corrected chi connectivity index (χ1v) is 15.7. The standard InChI is InChI=1S/C32H43N5O5S/c1-24(2)22-37(43(41)42)28(23-38)15-9-10-18-34-31(39)30(36-32(40)35-21-25-16-19-33-20-17-25)29(26-11-5-3-6-12-26)27-13-7-4-8-14-27/h3-8,11-14,16-17,19-20,24,28-30,38H,9-10,15,18,21-23H2,1-2H3,(H,34,39)(H,41,42)(H2,35,36,40)/t28-,30-/m0/s1. The molecule has 0 aliphatic rings. The summed E-state index contributed by atoms with van der Waals surface area (Å²) in [5, 5.41) is 18.6. The Balaban J connectivity index is 1.71. The number of rotatable bonds is 17. The minimum Gasteiger partial charge on any atom is -0.395 e. The molecule has 3 amide bonds. The van der Waals surface area contributed by atoms with E-state index in [0.29, 0.717) is 32.4 Å². The predicted octanol–water partition coefficient (Wildman–Crippen LogP) is 3.82. The molecule has 3 aromatic rings. The summed E-state index contributed by atoms with van der Waals surface area (Å²) in [6, 6.07) is 21.0. The molecule has 10 nitrogen and oxygen atoms in total. The third-order valence-electron chi connectivity index (χ3n) is 7.05. The van der Waals surface area contributed by atoms with Gasteiger partial charge in [-0.2, -0.15) is 4.31 Å². The second kappa shape index (κ2) is 18.1. The largest absolute Gasteiger partial charge is 0.395 e. The van der Waals surface area contributed by atoms with E-state index in [1.165, 1.54) is 4.31 Å². The van der Waals surface area contributed by atoms with Crippen molar-refractivity contribution in [1.82, 2.24) is 25.2 Å². The first-order valence-electron chi connectivity index (χ1n) is 14.6. The van der Waals surface area contributed by atoms with Crippen molar-refractivity contribution in [3.8, 4) is 0 Å². The first kappa shape index (κ1) is 33.9. The number of urea groups is 1. The van der Waals surface area contributed by atoms with E-state index < -0.39 is 35.3 Å². The van der Waals surface area contributed by atoms with Gasteiger partial charge in [0.05, 0.1) is 6.61 Å². The van der Waals surface area contributed by atoms with E-state index in [2.05, 4.69) is 20.9 Å². The Morgan fingerprint density at radius 3 is 2.05 bits per heavy atom. The van der Waals surface area contributed by atoms with Crippen LogP contribution in [0.25, 0.3) is 0 Å². The van der Waals surface area contributed by atoms with Gasteiger partial charge in [0.1, 0.15) is 6.04 Å². The molecule has 5 N–H and O–H groups in total. The summed E-state index contributed by atoms with van der Waals surface area (Å²) >= 11 is -2.18. The summed E-state index contributed by atoms with van der Waals surface area (Å²) in [7, 11) is 0. The Labute approximate surface area is 256 Å². The Morgan fingerprint density at radius 1 is 0.907 bits per heavy atom. The molecule has 1 heterocycles. The number of carbonyl (C=O) groups is 2. The topological polar surface area (TPSA) is 144 Å². The van der Waals surface area contributed by atoms with E-state index in [-0.39, 0.29) is 25.0 Å². The zero-order valence-corrected chi connectivity index (χ0v) is 25.6. The number of unbranched alkanes of at least 4 members (excludes halogenated alkanes) is 1. The monoisotopic (exact) mass is 609 g/mol. The lowest BCUT2D eigenvalue weighted by Gasteiger charge is -2.29. The number of amides is 3. The van der Waals surface area contributed by atoms with Gasteiger partial charge in [-0.3, -0.25) is 14.3 Å². The highest BCUT2D eigenvalue weighted by molar-refractivity contribution is 7.76. The van der Waals surface area contributed by atoms with Crippen LogP contribution in [0.5, 0.6) is 0 Å². The second-order valence-corrected chi connectivity index (χ2v) is 11.7. The first-order chi connectivity index (χ1) is 20.8. The Bertz CT molecular complexity index is 1230. The van der Waals surface area contributed by atoms with E-state index in [1.54, 1.807) is 12.4 Å². The summed E-state index contributed by atoms with van der Waals surface area (Å²) in [6.07, 6.45) is 5.03. The van der Waals surface area contributed by atoms with E-state index >= 15 is 0 Å². The van der Waals surface area contributed by atoms with Crippen LogP contribution in [-0.2, 0) is 22.6 Å². The summed E-state index contributed by atoms with van der Waals surface area (Å²) < 4.78 is 22.9. The number of carbonyl (C=O) groups excluding carboxylic acids is 2. The summed E-state index contributed by atoms with van der Waals surface area (Å²) in [4.78, 5) is 30.8. The second-order valence-electron chi connectivity index (χ2n) is 10.8. The van der Waals surface area contributed by atoms with Crippen LogP contribution in [0, 0.1) is 5.92 Å². The van der Waals surface area contributed by atoms with Gasteiger partial charge in [-0.15, -0.1) is 0 Å². The van der Waals surface area contributed by atoms with Crippen LogP contribution in [0.3, 0.4) is 0 Å². The lowest BCUT2D eigenvalue weighted by Crippen LogP contribution is -2.53. The quantitative estimate of drug-likeness (QED) is 0.116. The number of aliphatic hydroxyl groups is 1. The molecule has 3 rings (SSSR count). The molecule has 3 atom stereocenters. The van der Waals surface area contributed by atoms with E-state index in [0.717, 1.165) is 16.7 Å². The van der Waals surface area contributed by atoms with Crippen LogP contribution in [0.4, 0.5) is 4.79 Å². The molecule has 0 bridgehead atoms. The van der Waals surface area contributed by atoms with Gasteiger partial charge in [0.15, 0.2) is 0 Å². The highest BCUT2D eigenvalue weighted by Gasteiger charge is 2.32. The summed E-state index contributed by atoms with van der Waals surface area (Å²) in [5.41, 5.74) is 2.65. The maximum absolute atomic E-state index is 13.7. The highest BCUT2D eigenvalue weighted by Crippen LogP contribution is 2.28. The van der Waals surface area contributed by atoms with Crippen molar-refractivity contribution >= 4 is 23.2 Å². The molecule has 1 aromatic heterocycles. The average molecular weight is 610 g/mol. The van der Waals surface area contributed by atoms with E-state index in [9.17, 15) is 23.5 Å². The predicted molar refractivity (Wildman–Crippen MR) is 168 cm³/mol. The zero-order valence-electron chi connectivity index (χ0n) is 24.8. The lowest BCUT2D eigenvalue weighted by atomic mass is 9.84. The van der Waals surface area contributed by atoms with Crippen molar-refractivity contribution in [2.45, 2.75) is 57.7 Å². The van der Waals surface area contributed by atoms with Crippen molar-refractivity contribution in [3.05, 3.63) is 102 Å². The van der Waals surface area contributed by atoms with Gasteiger partial charge in [0, 0.05) is 44.0 Å². The fraction of sp³-hybridized carbons (Fsp3) is 0.406. The van der Waals surface area contributed by atoms with E-state index in [1.807, 2.05) is 86.6 Å². The minimum atomic E-state index is -2.18. The Morgan fingerprint density at radius 2 is 1.51 bits per heavy atom. The smallest absolute Gasteiger partial charge is 0.315 e. The number of hydrogen-bond acceptors (Lipinski definition) is 5. The minimum absolute atomic E-state index is 0.165. The third-order valence-corrected chi connectivity index (χ3v) is 7.90. The van der Waals surface area contributed by atoms with Crippen molar-refractivity contribution in [1.29, 1.82) is 0 Å². The molecule has 43 heavy (non-hydrogen) atoms. The zero-order chi connectivity index (χ0) is 31.0. The molecule has 2 aromatic carbocycles. The van der Waals surface area contributed by atoms with Crippen LogP contribution in [0.15, 0.2) is 85.2 Å². The molecular formula is C32H43N5O5S. The number of benzene rings is 2. The molecule has 0 saturated heterocycles.